The fourth-order valence-electron chi connectivity index (χ4n) is 10.1. The van der Waals surface area contributed by atoms with Gasteiger partial charge in [0.15, 0.2) is 11.6 Å². The van der Waals surface area contributed by atoms with Gasteiger partial charge in [0.05, 0.1) is 33.4 Å². The Labute approximate surface area is 376 Å². The van der Waals surface area contributed by atoms with E-state index in [1.165, 1.54) is 6.07 Å². The lowest BCUT2D eigenvalue weighted by Gasteiger charge is -2.50. The number of carbonyl (C=O) groups excluding carboxylic acids is 4. The maximum atomic E-state index is 15.2. The molecular weight excluding hydrogens is 857 g/mol. The largest absolute Gasteiger partial charge is 0.368 e. The SMILES string of the molecule is Cc1nc2c(F)cc(-c3nc(Nc4ccc(S(=O)N5CCN(C6CCN(C7CN(c8cccc9c8C(=O)N(C8CCC(=O)NC8=O)C9=O)C7)CC6)CC5)cc4)ncc3F)cc2n1C(C)C. The van der Waals surface area contributed by atoms with Crippen LogP contribution in [0.15, 0.2) is 65.7 Å². The number of carbonyl (C=O) groups is 4. The number of amides is 4. The Kier molecular flexibility index (Phi) is 11.3. The minimum absolute atomic E-state index is 0.0223. The Morgan fingerprint density at radius 3 is 2.26 bits per heavy atom. The van der Waals surface area contributed by atoms with Crippen LogP contribution in [0.25, 0.3) is 22.3 Å². The summed E-state index contributed by atoms with van der Waals surface area (Å²) >= 11 is 0. The van der Waals surface area contributed by atoms with E-state index in [0.717, 1.165) is 63.2 Å². The molecule has 2 unspecified atom stereocenters. The number of benzene rings is 3. The summed E-state index contributed by atoms with van der Waals surface area (Å²) in [5.41, 5.74) is 2.96. The number of nitrogens with zero attached hydrogens (tertiary/aromatic N) is 9. The summed E-state index contributed by atoms with van der Waals surface area (Å²) in [5, 5.41) is 5.35. The van der Waals surface area contributed by atoms with Gasteiger partial charge in [0, 0.05) is 88.2 Å². The number of aromatic nitrogens is 4. The zero-order valence-corrected chi connectivity index (χ0v) is 37.1. The van der Waals surface area contributed by atoms with Crippen molar-refractivity contribution in [3.05, 3.63) is 89.4 Å². The van der Waals surface area contributed by atoms with E-state index in [1.54, 1.807) is 42.5 Å². The number of piperazine rings is 1. The van der Waals surface area contributed by atoms with Crippen molar-refractivity contribution in [2.24, 2.45) is 0 Å². The molecule has 0 aliphatic carbocycles. The lowest BCUT2D eigenvalue weighted by Crippen LogP contribution is -2.62. The summed E-state index contributed by atoms with van der Waals surface area (Å²) in [6.45, 7) is 12.1. The highest BCUT2D eigenvalue weighted by Crippen LogP contribution is 2.37. The zero-order valence-electron chi connectivity index (χ0n) is 36.3. The van der Waals surface area contributed by atoms with E-state index in [-0.39, 0.29) is 41.6 Å². The van der Waals surface area contributed by atoms with E-state index in [4.69, 9.17) is 0 Å². The van der Waals surface area contributed by atoms with Crippen molar-refractivity contribution in [2.75, 3.05) is 62.6 Å². The maximum absolute atomic E-state index is 15.2. The van der Waals surface area contributed by atoms with Gasteiger partial charge in [-0.25, -0.2) is 32.2 Å². The number of rotatable bonds is 10. The first-order valence-corrected chi connectivity index (χ1v) is 23.3. The number of aryl methyl sites for hydroxylation is 1. The van der Waals surface area contributed by atoms with E-state index in [2.05, 4.69) is 40.3 Å². The number of fused-ring (bicyclic) bond motifs is 2. The highest BCUT2D eigenvalue weighted by Gasteiger charge is 2.47. The summed E-state index contributed by atoms with van der Waals surface area (Å²) in [7, 11) is -1.36. The second-order valence-corrected chi connectivity index (χ2v) is 19.2. The van der Waals surface area contributed by atoms with Gasteiger partial charge < -0.3 is 14.8 Å². The van der Waals surface area contributed by atoms with Gasteiger partial charge in [-0.15, -0.1) is 0 Å². The monoisotopic (exact) mass is 905 g/mol. The molecule has 0 radical (unpaired) electrons. The highest BCUT2D eigenvalue weighted by atomic mass is 32.2. The van der Waals surface area contributed by atoms with Crippen LogP contribution >= 0.6 is 0 Å². The fourth-order valence-corrected chi connectivity index (χ4v) is 11.3. The number of nitrogens with one attached hydrogen (secondary N) is 2. The first-order valence-electron chi connectivity index (χ1n) is 22.2. The van der Waals surface area contributed by atoms with Crippen molar-refractivity contribution in [1.29, 1.82) is 0 Å². The third kappa shape index (κ3) is 7.87. The number of imidazole rings is 1. The molecule has 5 aliphatic heterocycles. The lowest BCUT2D eigenvalue weighted by atomic mass is 9.96. The van der Waals surface area contributed by atoms with Gasteiger partial charge in [-0.2, -0.15) is 0 Å². The molecule has 16 nitrogen and oxygen atoms in total. The third-order valence-corrected chi connectivity index (χ3v) is 15.0. The topological polar surface area (TPSA) is 169 Å². The van der Waals surface area contributed by atoms with Crippen LogP contribution in [0.5, 0.6) is 0 Å². The minimum Gasteiger partial charge on any atom is -0.368 e. The van der Waals surface area contributed by atoms with Crippen molar-refractivity contribution in [1.82, 2.24) is 43.8 Å². The molecule has 2 atom stereocenters. The molecule has 7 heterocycles. The first-order chi connectivity index (χ1) is 31.3. The molecule has 4 amide bonds. The molecule has 5 aromatic rings. The van der Waals surface area contributed by atoms with E-state index in [0.29, 0.717) is 63.9 Å². The fraction of sp³-hybridized carbons (Fsp3) is 0.413. The van der Waals surface area contributed by atoms with Crippen molar-refractivity contribution >= 4 is 63.0 Å². The predicted molar refractivity (Wildman–Crippen MR) is 239 cm³/mol. The van der Waals surface area contributed by atoms with Crippen LogP contribution in [-0.4, -0.2) is 137 Å². The molecular formula is C46H49F2N11O5S. The predicted octanol–water partition coefficient (Wildman–Crippen LogP) is 4.80. The summed E-state index contributed by atoms with van der Waals surface area (Å²) in [5.74, 6) is -2.45. The molecule has 2 aromatic heterocycles. The molecule has 4 fully saturated rings. The molecule has 0 spiro atoms. The second-order valence-electron chi connectivity index (χ2n) is 17.7. The van der Waals surface area contributed by atoms with Gasteiger partial charge in [-0.05, 0) is 88.6 Å². The Bertz CT molecular complexity index is 2760. The molecule has 65 heavy (non-hydrogen) atoms. The number of halogens is 2. The summed E-state index contributed by atoms with van der Waals surface area (Å²) < 4.78 is 47.9. The van der Waals surface area contributed by atoms with Crippen molar-refractivity contribution in [3.8, 4) is 11.3 Å². The van der Waals surface area contributed by atoms with Crippen LogP contribution in [0.3, 0.4) is 0 Å². The second kappa shape index (κ2) is 17.1. The van der Waals surface area contributed by atoms with Gasteiger partial charge in [0.2, 0.25) is 17.8 Å². The van der Waals surface area contributed by atoms with Crippen molar-refractivity contribution in [3.63, 3.8) is 0 Å². The molecule has 3 aromatic carbocycles. The number of anilines is 3. The molecule has 19 heteroatoms. The molecule has 4 saturated heterocycles. The highest BCUT2D eigenvalue weighted by molar-refractivity contribution is 7.82. The Hall–Kier alpha value is -6.02. The molecule has 338 valence electrons. The van der Waals surface area contributed by atoms with Crippen molar-refractivity contribution < 1.29 is 32.2 Å². The molecule has 2 N–H and O–H groups in total. The van der Waals surface area contributed by atoms with E-state index in [9.17, 15) is 23.4 Å². The number of imide groups is 2. The molecule has 5 aliphatic rings. The number of hydrogen-bond acceptors (Lipinski definition) is 12. The average Bonchev–Trinajstić information content (AvgIpc) is 3.76. The number of likely N-dealkylation sites (tertiary alicyclic amines) is 1. The van der Waals surface area contributed by atoms with E-state index < -0.39 is 52.3 Å². The minimum atomic E-state index is -1.36. The van der Waals surface area contributed by atoms with Gasteiger partial charge in [-0.1, -0.05) is 6.07 Å². The van der Waals surface area contributed by atoms with Gasteiger partial charge >= 0.3 is 0 Å². The summed E-state index contributed by atoms with van der Waals surface area (Å²) in [6, 6.07) is 15.1. The third-order valence-electron chi connectivity index (χ3n) is 13.5. The normalized spacial score (nSPS) is 21.0. The van der Waals surface area contributed by atoms with Crippen molar-refractivity contribution in [2.45, 2.75) is 75.5 Å². The smallest absolute Gasteiger partial charge is 0.264 e. The maximum Gasteiger partial charge on any atom is 0.264 e. The van der Waals surface area contributed by atoms with Crippen LogP contribution in [0.2, 0.25) is 0 Å². The van der Waals surface area contributed by atoms with Crippen LogP contribution in [0.1, 0.15) is 72.1 Å². The molecule has 0 saturated carbocycles. The van der Waals surface area contributed by atoms with E-state index in [1.807, 2.05) is 35.7 Å². The van der Waals surface area contributed by atoms with Gasteiger partial charge in [-0.3, -0.25) is 39.2 Å². The molecule has 0 bridgehead atoms. The van der Waals surface area contributed by atoms with Crippen LogP contribution in [0, 0.1) is 18.6 Å². The number of hydrogen-bond donors (Lipinski definition) is 2. The van der Waals surface area contributed by atoms with Crippen LogP contribution < -0.4 is 15.5 Å². The lowest BCUT2D eigenvalue weighted by molar-refractivity contribution is -0.136. The standard InChI is InChI=1S/C46H49F2N11O5S/c1-26(2)58-27(3)50-42-34(47)21-28(22-38(42)58)41-35(48)23-49-46(53-41)51-29-7-9-32(10-8-29)65(64)57-19-17-55(18-20-57)30-13-15-54(16-14-30)31-24-56(25-31)36-6-4-5-33-40(36)45(63)59(44(33)62)37-11-12-39(60)52-43(37)61/h4-10,21-23,26,30-31,37H,11-20,24-25H2,1-3H3,(H,49,51,53)(H,52,60,61). The van der Waals surface area contributed by atoms with E-state index >= 15 is 8.78 Å². The zero-order chi connectivity index (χ0) is 45.3. The van der Waals surface area contributed by atoms with Crippen LogP contribution in [-0.2, 0) is 20.6 Å². The Balaban J connectivity index is 0.699. The Morgan fingerprint density at radius 2 is 1.55 bits per heavy atom. The quantitative estimate of drug-likeness (QED) is 0.184. The van der Waals surface area contributed by atoms with Gasteiger partial charge in [0.25, 0.3) is 11.8 Å². The summed E-state index contributed by atoms with van der Waals surface area (Å²) in [4.78, 5) is 72.9. The van der Waals surface area contributed by atoms with Gasteiger partial charge in [0.1, 0.15) is 34.1 Å². The Morgan fingerprint density at radius 1 is 0.831 bits per heavy atom. The summed E-state index contributed by atoms with van der Waals surface area (Å²) in [6.07, 6.45) is 3.31. The molecule has 10 rings (SSSR count). The number of piperidine rings is 2. The first kappa shape index (κ1) is 42.9. The van der Waals surface area contributed by atoms with Crippen LogP contribution in [0.4, 0.5) is 26.1 Å². The average molecular weight is 906 g/mol.